The largest absolute Gasteiger partial charge is 0.462 e. The molecule has 3 heterocycles. The maximum absolute atomic E-state index is 14.1. The smallest absolute Gasteiger partial charge is 0.333 e. The predicted molar refractivity (Wildman–Crippen MR) is 354 cm³/mol. The first kappa shape index (κ1) is 66.8. The minimum Gasteiger partial charge on any atom is -0.462 e. The Morgan fingerprint density at radius 1 is 0.636 bits per heavy atom. The fourth-order valence-corrected chi connectivity index (χ4v) is 11.3. The Morgan fingerprint density at radius 3 is 1.51 bits per heavy atom. The molecule has 0 spiro atoms. The summed E-state index contributed by atoms with van der Waals surface area (Å²) in [4.78, 5) is 79.1. The summed E-state index contributed by atoms with van der Waals surface area (Å²) >= 11 is 0. The van der Waals surface area contributed by atoms with Crippen LogP contribution in [0.3, 0.4) is 0 Å². The van der Waals surface area contributed by atoms with Gasteiger partial charge in [0.15, 0.2) is 17.3 Å². The van der Waals surface area contributed by atoms with Gasteiger partial charge in [-0.2, -0.15) is 0 Å². The molecule has 1 N–H and O–H groups in total. The van der Waals surface area contributed by atoms with Crippen LogP contribution in [-0.4, -0.2) is 157 Å². The molecule has 88 heavy (non-hydrogen) atoms. The number of amides is 1. The molecule has 0 saturated carbocycles. The fraction of sp³-hybridized carbons (Fsp3) is 0.375. The average Bonchev–Trinajstić information content (AvgIpc) is 1.94. The standard InChI is InChI=1S/C46H52N6O6.C23H31N3O.C2H2.CH4/c1-8-46(49(6)7,31-34-14-10-9-11-15-34)41(53)35-19-21-36(22-20-35)50-25-27-51(28-26-50)43(55)45(4,5)44(56)58-40-23-18-33(24-29-57-42(54)32(2)3)30-39(40)52-47-37-16-12-13-17-38(37)48-52;1-4-23(25(2)3,18-19-8-6-5-7-9-19)22(27)20-10-12-21(13-11-20)26-16-14-24-15-17-26;1-2;/h9-23,30H,2,8,24-29,31H2,1,3-7H3;5-13,24H,4,14-18H2,1-3H3;1-2H;1H4/i;;1D;. The second kappa shape index (κ2) is 31.2. The molecule has 464 valence electrons. The molecule has 2 saturated heterocycles. The zero-order valence-electron chi connectivity index (χ0n) is 53.1. The Hall–Kier alpha value is -8.75. The highest BCUT2D eigenvalue weighted by molar-refractivity contribution is 6.05. The van der Waals surface area contributed by atoms with Crippen molar-refractivity contribution in [1.29, 1.82) is 0 Å². The number of hydrogen-bond acceptors (Lipinski definition) is 14. The maximum Gasteiger partial charge on any atom is 0.333 e. The van der Waals surface area contributed by atoms with Crippen LogP contribution in [-0.2, 0) is 38.4 Å². The van der Waals surface area contributed by atoms with Crippen LogP contribution in [0.15, 0.2) is 164 Å². The van der Waals surface area contributed by atoms with Crippen LogP contribution >= 0.6 is 0 Å². The van der Waals surface area contributed by atoms with Crippen LogP contribution in [0.2, 0.25) is 0 Å². The molecule has 2 unspecified atom stereocenters. The molecule has 2 fully saturated rings. The Kier molecular flexibility index (Phi) is 23.7. The van der Waals surface area contributed by atoms with E-state index >= 15 is 0 Å². The van der Waals surface area contributed by atoms with Crippen LogP contribution in [0.5, 0.6) is 5.75 Å². The Bertz CT molecular complexity index is 3500. The summed E-state index contributed by atoms with van der Waals surface area (Å²) < 4.78 is 17.0. The predicted octanol–water partition coefficient (Wildman–Crippen LogP) is 10.6. The number of piperazine rings is 2. The molecule has 2 aliphatic heterocycles. The van der Waals surface area contributed by atoms with Crippen molar-refractivity contribution in [2.75, 3.05) is 97.0 Å². The van der Waals surface area contributed by atoms with E-state index < -0.39 is 28.4 Å². The van der Waals surface area contributed by atoms with E-state index in [0.717, 1.165) is 61.4 Å². The van der Waals surface area contributed by atoms with Gasteiger partial charge in [0.25, 0.3) is 0 Å². The van der Waals surface area contributed by atoms with E-state index in [4.69, 9.17) is 10.8 Å². The van der Waals surface area contributed by atoms with Crippen molar-refractivity contribution in [2.24, 2.45) is 5.41 Å². The van der Waals surface area contributed by atoms with Gasteiger partial charge in [-0.25, -0.2) is 4.79 Å². The van der Waals surface area contributed by atoms with Gasteiger partial charge in [-0.1, -0.05) is 107 Å². The van der Waals surface area contributed by atoms with E-state index in [9.17, 15) is 24.0 Å². The number of rotatable bonds is 22. The van der Waals surface area contributed by atoms with Gasteiger partial charge in [0.1, 0.15) is 23.5 Å². The van der Waals surface area contributed by atoms with E-state index in [1.54, 1.807) is 43.9 Å². The number of anilines is 2. The van der Waals surface area contributed by atoms with Gasteiger partial charge in [0.2, 0.25) is 5.91 Å². The number of aromatic nitrogens is 3. The first-order valence-electron chi connectivity index (χ1n) is 30.3. The third kappa shape index (κ3) is 16.1. The monoisotopic (exact) mass is 1190 g/mol. The highest BCUT2D eigenvalue weighted by Crippen LogP contribution is 2.33. The van der Waals surface area contributed by atoms with Crippen LogP contribution in [0.4, 0.5) is 11.4 Å². The highest BCUT2D eigenvalue weighted by Gasteiger charge is 2.43. The van der Waals surface area contributed by atoms with E-state index in [1.807, 2.05) is 130 Å². The van der Waals surface area contributed by atoms with Crippen molar-refractivity contribution in [3.8, 4) is 24.3 Å². The summed E-state index contributed by atoms with van der Waals surface area (Å²) in [5, 5.41) is 12.6. The number of nitrogens with one attached hydrogen (secondary N) is 1. The molecule has 16 heteroatoms. The van der Waals surface area contributed by atoms with Crippen LogP contribution < -0.4 is 19.9 Å². The number of ether oxygens (including phenoxy) is 2. The zero-order valence-corrected chi connectivity index (χ0v) is 52.1. The molecule has 1 amide bonds. The number of carbonyl (C=O) groups is 5. The minimum absolute atomic E-state index is 0. The lowest BCUT2D eigenvalue weighted by atomic mass is 9.80. The van der Waals surface area contributed by atoms with Crippen molar-refractivity contribution in [3.05, 3.63) is 192 Å². The number of carbonyl (C=O) groups excluding carboxylic acids is 5. The normalized spacial score (nSPS) is 14.7. The number of esters is 2. The molecule has 2 aliphatic rings. The Balaban J connectivity index is 0.000000339. The summed E-state index contributed by atoms with van der Waals surface area (Å²) in [6.45, 7) is 18.6. The van der Waals surface area contributed by atoms with Gasteiger partial charge in [-0.3, -0.25) is 29.0 Å². The van der Waals surface area contributed by atoms with Gasteiger partial charge < -0.3 is 29.5 Å². The van der Waals surface area contributed by atoms with Crippen LogP contribution in [0, 0.1) is 18.2 Å². The fourth-order valence-electron chi connectivity index (χ4n) is 11.3. The topological polar surface area (TPSA) is 163 Å². The van der Waals surface area contributed by atoms with Gasteiger partial charge in [0.05, 0.1) is 17.7 Å². The number of fused-ring (bicyclic) bond motifs is 1. The number of ketones is 2. The van der Waals surface area contributed by atoms with Crippen molar-refractivity contribution in [2.45, 2.75) is 85.2 Å². The number of nitrogens with zero attached hydrogens (tertiary/aromatic N) is 8. The second-order valence-corrected chi connectivity index (χ2v) is 23.1. The quantitative estimate of drug-likeness (QED) is 0.0170. The third-order valence-corrected chi connectivity index (χ3v) is 16.8. The van der Waals surface area contributed by atoms with Crippen molar-refractivity contribution in [1.82, 2.24) is 35.0 Å². The molecule has 1 aromatic heterocycles. The summed E-state index contributed by atoms with van der Waals surface area (Å²) in [7, 11) is 7.95. The lowest BCUT2D eigenvalue weighted by Crippen LogP contribution is -2.54. The lowest BCUT2D eigenvalue weighted by Gasteiger charge is -2.39. The highest BCUT2D eigenvalue weighted by atomic mass is 16.5. The molecular weight excluding hydrogens is 1100 g/mol. The molecule has 0 aliphatic carbocycles. The molecule has 0 bridgehead atoms. The summed E-state index contributed by atoms with van der Waals surface area (Å²) in [5.41, 5.74) is 6.02. The van der Waals surface area contributed by atoms with Gasteiger partial charge in [-0.05, 0) is 164 Å². The zero-order chi connectivity index (χ0) is 63.6. The van der Waals surface area contributed by atoms with E-state index in [0.29, 0.717) is 73.3 Å². The van der Waals surface area contributed by atoms with Crippen LogP contribution in [0.25, 0.3) is 16.7 Å². The first-order chi connectivity index (χ1) is 42.2. The second-order valence-electron chi connectivity index (χ2n) is 23.1. The Morgan fingerprint density at radius 2 is 1.08 bits per heavy atom. The van der Waals surface area contributed by atoms with E-state index in [2.05, 4.69) is 93.5 Å². The number of terminal acetylenes is 1. The van der Waals surface area contributed by atoms with Gasteiger partial charge in [0, 0.05) is 86.9 Å². The summed E-state index contributed by atoms with van der Waals surface area (Å²) in [5.74, 6) is -1.06. The van der Waals surface area contributed by atoms with Crippen LogP contribution in [0.1, 0.15) is 93.7 Å². The minimum atomic E-state index is -1.50. The third-order valence-electron chi connectivity index (χ3n) is 16.8. The van der Waals surface area contributed by atoms with Crippen molar-refractivity contribution in [3.63, 3.8) is 0 Å². The SMILES string of the molecule is C.C=C(C)C(=O)OCCc1ccc(OC(=O)C(C)(C)C(=O)N2CCN(c3ccc(C(=O)C(CC)(Cc4ccccc4)N(C)C)cc3)CC2)c(-n2nc3ccccc3n2)c1.CCC(Cc1ccccc1)(C(=O)c1ccc(N2CCNCC2)cc1)N(C)C.[2H]C#C. The van der Waals surface area contributed by atoms with Gasteiger partial charge in [-0.15, -0.1) is 27.8 Å². The average molecular weight is 1190 g/mol. The summed E-state index contributed by atoms with van der Waals surface area (Å²) in [6.07, 6.45) is 8.92. The maximum atomic E-state index is 14.1. The van der Waals surface area contributed by atoms with Crippen molar-refractivity contribution < 1.29 is 34.8 Å². The number of benzene rings is 6. The number of likely N-dealkylation sites (N-methyl/N-ethyl adjacent to an activating group) is 2. The lowest BCUT2D eigenvalue weighted by molar-refractivity contribution is -0.156. The first-order valence-corrected chi connectivity index (χ1v) is 29.8. The molecule has 6 aromatic carbocycles. The molecular formula is C72H89N9O7. The molecule has 2 atom stereocenters. The summed E-state index contributed by atoms with van der Waals surface area (Å²) in [6, 6.07) is 48.9. The van der Waals surface area contributed by atoms with E-state index in [-0.39, 0.29) is 37.3 Å². The van der Waals surface area contributed by atoms with E-state index in [1.165, 1.54) is 22.4 Å². The molecule has 7 aromatic rings. The van der Waals surface area contributed by atoms with Gasteiger partial charge >= 0.3 is 11.9 Å². The number of hydrogen-bond donors (Lipinski definition) is 1. The molecule has 9 rings (SSSR count). The molecule has 16 nitrogen and oxygen atoms in total. The molecule has 0 radical (unpaired) electrons. The number of Topliss-reactive ketones (excluding diaryl/α,β-unsaturated/α-hetero) is 2. The Labute approximate surface area is 522 Å². The van der Waals surface area contributed by atoms with Crippen molar-refractivity contribution >= 4 is 51.8 Å².